The fourth-order valence-electron chi connectivity index (χ4n) is 2.07. The van der Waals surface area contributed by atoms with Crippen molar-refractivity contribution in [2.24, 2.45) is 5.10 Å². The number of anilines is 1. The second-order valence-corrected chi connectivity index (χ2v) is 5.16. The third-order valence-corrected chi connectivity index (χ3v) is 3.43. The number of carbonyl (C=O) groups excluding carboxylic acids is 1. The summed E-state index contributed by atoms with van der Waals surface area (Å²) in [5.41, 5.74) is 5.36. The van der Waals surface area contributed by atoms with Crippen molar-refractivity contribution in [1.82, 2.24) is 5.43 Å². The van der Waals surface area contributed by atoms with E-state index in [2.05, 4.69) is 15.8 Å². The van der Waals surface area contributed by atoms with E-state index in [-0.39, 0.29) is 5.91 Å². The number of carbonyl (C=O) groups is 1. The molecule has 0 fully saturated rings. The largest absolute Gasteiger partial charge is 0.496 e. The van der Waals surface area contributed by atoms with Gasteiger partial charge in [-0.1, -0.05) is 30.3 Å². The molecule has 0 spiro atoms. The van der Waals surface area contributed by atoms with Gasteiger partial charge in [0.2, 0.25) is 0 Å². The third kappa shape index (κ3) is 4.57. The van der Waals surface area contributed by atoms with E-state index in [1.54, 1.807) is 20.2 Å². The van der Waals surface area contributed by atoms with Gasteiger partial charge < -0.3 is 10.1 Å². The second-order valence-electron chi connectivity index (χ2n) is 5.16. The molecule has 120 valence electrons. The number of para-hydroxylation sites is 2. The molecule has 0 radical (unpaired) electrons. The topological polar surface area (TPSA) is 62.7 Å². The van der Waals surface area contributed by atoms with E-state index in [0.29, 0.717) is 5.75 Å². The quantitative estimate of drug-likeness (QED) is 0.637. The van der Waals surface area contributed by atoms with Gasteiger partial charge in [-0.3, -0.25) is 4.79 Å². The van der Waals surface area contributed by atoms with Gasteiger partial charge in [-0.2, -0.15) is 5.10 Å². The number of nitrogens with one attached hydrogen (secondary N) is 2. The number of nitrogens with zero attached hydrogens (tertiary/aromatic N) is 1. The van der Waals surface area contributed by atoms with Gasteiger partial charge in [0.25, 0.3) is 5.91 Å². The highest BCUT2D eigenvalue weighted by atomic mass is 16.5. The van der Waals surface area contributed by atoms with E-state index in [4.69, 9.17) is 4.74 Å². The van der Waals surface area contributed by atoms with Gasteiger partial charge >= 0.3 is 0 Å². The van der Waals surface area contributed by atoms with Gasteiger partial charge in [0.15, 0.2) is 0 Å². The first-order valence-electron chi connectivity index (χ1n) is 7.40. The van der Waals surface area contributed by atoms with Crippen LogP contribution in [0.4, 0.5) is 5.69 Å². The molecule has 2 N–H and O–H groups in total. The molecular weight excluding hydrogens is 290 g/mol. The number of aryl methyl sites for hydroxylation is 1. The molecule has 2 rings (SSSR count). The summed E-state index contributed by atoms with van der Waals surface area (Å²) in [7, 11) is 1.60. The van der Waals surface area contributed by atoms with E-state index in [9.17, 15) is 4.79 Å². The molecular formula is C18H21N3O2. The predicted molar refractivity (Wildman–Crippen MR) is 93.0 cm³/mol. The lowest BCUT2D eigenvalue weighted by Crippen LogP contribution is -2.35. The minimum Gasteiger partial charge on any atom is -0.496 e. The van der Waals surface area contributed by atoms with Crippen molar-refractivity contribution in [2.75, 3.05) is 12.4 Å². The first kappa shape index (κ1) is 16.5. The molecule has 1 atom stereocenters. The summed E-state index contributed by atoms with van der Waals surface area (Å²) in [6.45, 7) is 3.78. The fraction of sp³-hybridized carbons (Fsp3) is 0.222. The van der Waals surface area contributed by atoms with Crippen molar-refractivity contribution in [3.63, 3.8) is 0 Å². The van der Waals surface area contributed by atoms with Crippen LogP contribution in [-0.2, 0) is 4.79 Å². The smallest absolute Gasteiger partial charge is 0.262 e. The summed E-state index contributed by atoms with van der Waals surface area (Å²) in [6, 6.07) is 14.9. The van der Waals surface area contributed by atoms with Crippen LogP contribution in [0.1, 0.15) is 18.1 Å². The Kier molecular flexibility index (Phi) is 5.74. The van der Waals surface area contributed by atoms with Crippen molar-refractivity contribution < 1.29 is 9.53 Å². The summed E-state index contributed by atoms with van der Waals surface area (Å²) in [6.07, 6.45) is 1.57. The maximum Gasteiger partial charge on any atom is 0.262 e. The first-order chi connectivity index (χ1) is 11.1. The second kappa shape index (κ2) is 7.98. The molecule has 0 aliphatic carbocycles. The highest BCUT2D eigenvalue weighted by Crippen LogP contribution is 2.15. The average Bonchev–Trinajstić information content (AvgIpc) is 2.57. The molecule has 1 unspecified atom stereocenters. The predicted octanol–water partition coefficient (Wildman–Crippen LogP) is 2.95. The lowest BCUT2D eigenvalue weighted by atomic mass is 10.2. The number of benzene rings is 2. The van der Waals surface area contributed by atoms with Crippen LogP contribution in [0.2, 0.25) is 0 Å². The van der Waals surface area contributed by atoms with Crippen molar-refractivity contribution in [3.8, 4) is 5.75 Å². The Labute approximate surface area is 136 Å². The van der Waals surface area contributed by atoms with E-state index < -0.39 is 6.04 Å². The Balaban J connectivity index is 1.94. The molecule has 2 aromatic carbocycles. The Morgan fingerprint density at radius 2 is 1.87 bits per heavy atom. The number of hydrazone groups is 1. The molecule has 0 aliphatic rings. The molecule has 5 nitrogen and oxygen atoms in total. The molecule has 0 aliphatic heterocycles. The Morgan fingerprint density at radius 3 is 2.61 bits per heavy atom. The molecule has 2 aromatic rings. The lowest BCUT2D eigenvalue weighted by molar-refractivity contribution is -0.121. The van der Waals surface area contributed by atoms with Crippen LogP contribution in [-0.4, -0.2) is 25.3 Å². The highest BCUT2D eigenvalue weighted by Gasteiger charge is 2.12. The zero-order chi connectivity index (χ0) is 16.7. The molecule has 23 heavy (non-hydrogen) atoms. The number of rotatable bonds is 6. The van der Waals surface area contributed by atoms with Crippen molar-refractivity contribution >= 4 is 17.8 Å². The zero-order valence-electron chi connectivity index (χ0n) is 13.5. The summed E-state index contributed by atoms with van der Waals surface area (Å²) in [5, 5.41) is 7.16. The molecule has 0 saturated carbocycles. The maximum absolute atomic E-state index is 12.1. The highest BCUT2D eigenvalue weighted by molar-refractivity contribution is 5.87. The van der Waals surface area contributed by atoms with Crippen molar-refractivity contribution in [3.05, 3.63) is 59.7 Å². The average molecular weight is 311 g/mol. The number of hydrogen-bond donors (Lipinski definition) is 2. The standard InChI is InChI=1S/C18H21N3O2/c1-13-8-4-6-10-16(13)20-14(2)18(22)21-19-12-15-9-5-7-11-17(15)23-3/h4-12,14,20H,1-3H3,(H,21,22)/b19-12+. The van der Waals surface area contributed by atoms with Crippen LogP contribution in [0.15, 0.2) is 53.6 Å². The number of methoxy groups -OCH3 is 1. The fourth-order valence-corrected chi connectivity index (χ4v) is 2.07. The number of ether oxygens (including phenoxy) is 1. The van der Waals surface area contributed by atoms with Crippen LogP contribution in [0.3, 0.4) is 0 Å². The normalized spacial score (nSPS) is 12.0. The monoisotopic (exact) mass is 311 g/mol. The van der Waals surface area contributed by atoms with E-state index in [1.807, 2.05) is 55.5 Å². The summed E-state index contributed by atoms with van der Waals surface area (Å²) in [5.74, 6) is 0.496. The van der Waals surface area contributed by atoms with Crippen LogP contribution in [0.25, 0.3) is 0 Å². The lowest BCUT2D eigenvalue weighted by Gasteiger charge is -2.15. The summed E-state index contributed by atoms with van der Waals surface area (Å²) < 4.78 is 5.23. The molecule has 0 bridgehead atoms. The molecule has 0 heterocycles. The van der Waals surface area contributed by atoms with Crippen molar-refractivity contribution in [1.29, 1.82) is 0 Å². The van der Waals surface area contributed by atoms with Crippen LogP contribution >= 0.6 is 0 Å². The molecule has 0 saturated heterocycles. The SMILES string of the molecule is COc1ccccc1/C=N/NC(=O)C(C)Nc1ccccc1C. The van der Waals surface area contributed by atoms with Crippen molar-refractivity contribution in [2.45, 2.75) is 19.9 Å². The van der Waals surface area contributed by atoms with Gasteiger partial charge in [-0.25, -0.2) is 5.43 Å². The number of hydrogen-bond acceptors (Lipinski definition) is 4. The van der Waals surface area contributed by atoms with E-state index >= 15 is 0 Å². The van der Waals surface area contributed by atoms with Crippen LogP contribution in [0, 0.1) is 6.92 Å². The third-order valence-electron chi connectivity index (χ3n) is 3.43. The minimum atomic E-state index is -0.397. The van der Waals surface area contributed by atoms with E-state index in [0.717, 1.165) is 16.8 Å². The molecule has 0 aromatic heterocycles. The molecule has 1 amide bonds. The minimum absolute atomic E-state index is 0.209. The van der Waals surface area contributed by atoms with Gasteiger partial charge in [0.05, 0.1) is 13.3 Å². The zero-order valence-corrected chi connectivity index (χ0v) is 13.5. The van der Waals surface area contributed by atoms with Gasteiger partial charge in [-0.05, 0) is 37.6 Å². The Morgan fingerprint density at radius 1 is 1.17 bits per heavy atom. The van der Waals surface area contributed by atoms with Gasteiger partial charge in [-0.15, -0.1) is 0 Å². The maximum atomic E-state index is 12.1. The Hall–Kier alpha value is -2.82. The Bertz CT molecular complexity index is 698. The summed E-state index contributed by atoms with van der Waals surface area (Å²) >= 11 is 0. The summed E-state index contributed by atoms with van der Waals surface area (Å²) in [4.78, 5) is 12.1. The van der Waals surface area contributed by atoms with Crippen LogP contribution in [0.5, 0.6) is 5.75 Å². The number of amides is 1. The van der Waals surface area contributed by atoms with Gasteiger partial charge in [0, 0.05) is 11.3 Å². The first-order valence-corrected chi connectivity index (χ1v) is 7.40. The van der Waals surface area contributed by atoms with E-state index in [1.165, 1.54) is 0 Å². The van der Waals surface area contributed by atoms with Crippen LogP contribution < -0.4 is 15.5 Å². The van der Waals surface area contributed by atoms with Gasteiger partial charge in [0.1, 0.15) is 11.8 Å². The molecule has 5 heteroatoms.